The monoisotopic (exact) mass is 495 g/mol. The largest absolute Gasteiger partial charge is 0.454 e. The molecule has 0 radical (unpaired) electrons. The number of carbonyl (C=O) groups excluding carboxylic acids is 1. The van der Waals surface area contributed by atoms with Crippen molar-refractivity contribution >= 4 is 39.1 Å². The van der Waals surface area contributed by atoms with Gasteiger partial charge in [0.1, 0.15) is 10.7 Å². The number of carbonyl (C=O) groups is 1. The lowest BCUT2D eigenvalue weighted by atomic mass is 10.3. The topological polar surface area (TPSA) is 92.8 Å². The molecule has 0 N–H and O–H groups in total. The van der Waals surface area contributed by atoms with Gasteiger partial charge in [0, 0.05) is 38.4 Å². The molecule has 1 aliphatic heterocycles. The Morgan fingerprint density at radius 2 is 1.62 bits per heavy atom. The molecule has 168 valence electrons. The molecule has 1 aromatic carbocycles. The minimum Gasteiger partial charge on any atom is -0.454 e. The van der Waals surface area contributed by atoms with Crippen molar-refractivity contribution in [2.45, 2.75) is 11.4 Å². The van der Waals surface area contributed by atoms with E-state index in [1.165, 1.54) is 32.0 Å². The smallest absolute Gasteiger partial charge is 0.289 e. The zero-order valence-electron chi connectivity index (χ0n) is 16.8. The van der Waals surface area contributed by atoms with Crippen LogP contribution in [0.4, 0.5) is 0 Å². The summed E-state index contributed by atoms with van der Waals surface area (Å²) in [6, 6.07) is 12.5. The van der Waals surface area contributed by atoms with Crippen LogP contribution in [0, 0.1) is 0 Å². The van der Waals surface area contributed by atoms with Crippen LogP contribution in [0.3, 0.4) is 0 Å². The van der Waals surface area contributed by atoms with Gasteiger partial charge in [-0.3, -0.25) is 9.59 Å². The molecule has 11 heteroatoms. The van der Waals surface area contributed by atoms with Gasteiger partial charge in [-0.1, -0.05) is 35.3 Å². The first-order valence-corrected chi connectivity index (χ1v) is 11.9. The lowest BCUT2D eigenvalue weighted by Gasteiger charge is -2.33. The number of halogens is 2. The number of hydrogen-bond donors (Lipinski definition) is 0. The van der Waals surface area contributed by atoms with Crippen molar-refractivity contribution in [2.75, 3.05) is 26.2 Å². The second-order valence-corrected chi connectivity index (χ2v) is 9.87. The molecule has 32 heavy (non-hydrogen) atoms. The Labute approximate surface area is 194 Å². The van der Waals surface area contributed by atoms with Gasteiger partial charge < -0.3 is 13.9 Å². The van der Waals surface area contributed by atoms with Crippen LogP contribution in [0.2, 0.25) is 10.0 Å². The zero-order valence-corrected chi connectivity index (χ0v) is 19.1. The van der Waals surface area contributed by atoms with Gasteiger partial charge in [-0.15, -0.1) is 0 Å². The average molecular weight is 496 g/mol. The van der Waals surface area contributed by atoms with Crippen LogP contribution in [0.1, 0.15) is 16.3 Å². The van der Waals surface area contributed by atoms with Crippen molar-refractivity contribution in [3.05, 3.63) is 86.6 Å². The van der Waals surface area contributed by atoms with E-state index in [2.05, 4.69) is 0 Å². The van der Waals surface area contributed by atoms with Crippen LogP contribution >= 0.6 is 23.2 Å². The second kappa shape index (κ2) is 9.11. The van der Waals surface area contributed by atoms with Crippen molar-refractivity contribution in [2.24, 2.45) is 0 Å². The number of hydrogen-bond acceptors (Lipinski definition) is 5. The van der Waals surface area contributed by atoms with Gasteiger partial charge in [-0.05, 0) is 30.3 Å². The van der Waals surface area contributed by atoms with Crippen LogP contribution in [0.25, 0.3) is 0 Å². The molecule has 1 saturated heterocycles. The number of amides is 1. The highest BCUT2D eigenvalue weighted by Crippen LogP contribution is 2.32. The van der Waals surface area contributed by atoms with Crippen LogP contribution in [0.15, 0.2) is 68.8 Å². The number of nitrogens with zero attached hydrogens (tertiary/aromatic N) is 3. The molecular weight excluding hydrogens is 477 g/mol. The summed E-state index contributed by atoms with van der Waals surface area (Å²) in [4.78, 5) is 26.1. The van der Waals surface area contributed by atoms with Crippen LogP contribution in [-0.2, 0) is 16.6 Å². The zero-order chi connectivity index (χ0) is 22.9. The number of rotatable bonds is 5. The molecule has 1 amide bonds. The van der Waals surface area contributed by atoms with E-state index in [0.717, 1.165) is 0 Å². The summed E-state index contributed by atoms with van der Waals surface area (Å²) < 4.78 is 34.3. The highest BCUT2D eigenvalue weighted by atomic mass is 35.5. The fraction of sp³-hybridized carbons (Fsp3) is 0.238. The molecule has 0 unspecified atom stereocenters. The molecule has 3 aromatic rings. The predicted octanol–water partition coefficient (Wildman–Crippen LogP) is 2.94. The van der Waals surface area contributed by atoms with Crippen LogP contribution in [0.5, 0.6) is 0 Å². The Morgan fingerprint density at radius 3 is 2.28 bits per heavy atom. The number of furan rings is 1. The maximum Gasteiger partial charge on any atom is 0.289 e. The molecule has 1 aliphatic rings. The average Bonchev–Trinajstić information content (AvgIpc) is 3.23. The molecule has 3 heterocycles. The Kier molecular flexibility index (Phi) is 6.43. The molecule has 2 aromatic heterocycles. The van der Waals surface area contributed by atoms with E-state index in [4.69, 9.17) is 27.6 Å². The number of aromatic nitrogens is 1. The third kappa shape index (κ3) is 4.47. The summed E-state index contributed by atoms with van der Waals surface area (Å²) in [7, 11) is -3.90. The van der Waals surface area contributed by atoms with Gasteiger partial charge in [-0.25, -0.2) is 8.42 Å². The van der Waals surface area contributed by atoms with Gasteiger partial charge in [0.05, 0.1) is 16.6 Å². The van der Waals surface area contributed by atoms with Crippen molar-refractivity contribution in [3.8, 4) is 0 Å². The Hall–Kier alpha value is -2.59. The Bertz CT molecular complexity index is 1290. The maximum atomic E-state index is 13.0. The summed E-state index contributed by atoms with van der Waals surface area (Å²) in [5.74, 6) is 0.259. The third-order valence-corrected chi connectivity index (χ3v) is 8.00. The maximum absolute atomic E-state index is 13.0. The molecule has 0 atom stereocenters. The Balaban J connectivity index is 1.43. The normalized spacial score (nSPS) is 15.1. The lowest BCUT2D eigenvalue weighted by Crippen LogP contribution is -2.50. The van der Waals surface area contributed by atoms with Gasteiger partial charge >= 0.3 is 0 Å². The van der Waals surface area contributed by atoms with E-state index < -0.39 is 10.0 Å². The van der Waals surface area contributed by atoms with Crippen molar-refractivity contribution in [1.82, 2.24) is 13.8 Å². The SMILES string of the molecule is O=C(c1ccc(Cn2ccccc2=O)o1)N1CCN(S(=O)(=O)c2c(Cl)cccc2Cl)CC1. The van der Waals surface area contributed by atoms with Gasteiger partial charge in [0.25, 0.3) is 11.5 Å². The van der Waals surface area contributed by atoms with Crippen molar-refractivity contribution in [3.63, 3.8) is 0 Å². The molecule has 0 bridgehead atoms. The summed E-state index contributed by atoms with van der Waals surface area (Å²) in [5.41, 5.74) is -0.173. The summed E-state index contributed by atoms with van der Waals surface area (Å²) in [6.07, 6.45) is 1.64. The predicted molar refractivity (Wildman–Crippen MR) is 120 cm³/mol. The summed E-state index contributed by atoms with van der Waals surface area (Å²) >= 11 is 12.1. The number of sulfonamides is 1. The fourth-order valence-corrected chi connectivity index (χ4v) is 6.00. The van der Waals surface area contributed by atoms with Gasteiger partial charge in [-0.2, -0.15) is 4.31 Å². The lowest BCUT2D eigenvalue weighted by molar-refractivity contribution is 0.0664. The fourth-order valence-electron chi connectivity index (χ4n) is 3.48. The van der Waals surface area contributed by atoms with E-state index in [9.17, 15) is 18.0 Å². The van der Waals surface area contributed by atoms with E-state index in [0.29, 0.717) is 5.76 Å². The van der Waals surface area contributed by atoms with E-state index in [-0.39, 0.29) is 64.9 Å². The molecule has 4 rings (SSSR count). The summed E-state index contributed by atoms with van der Waals surface area (Å²) in [6.45, 7) is 0.783. The van der Waals surface area contributed by atoms with Crippen LogP contribution in [-0.4, -0.2) is 54.3 Å². The highest BCUT2D eigenvalue weighted by Gasteiger charge is 2.33. The Morgan fingerprint density at radius 1 is 0.938 bits per heavy atom. The van der Waals surface area contributed by atoms with E-state index >= 15 is 0 Å². The third-order valence-electron chi connectivity index (χ3n) is 5.14. The van der Waals surface area contributed by atoms with Crippen molar-refractivity contribution in [1.29, 1.82) is 0 Å². The standard InChI is InChI=1S/C21H19Cl2N3O5S/c22-16-4-3-5-17(23)20(16)32(29,30)26-12-10-24(11-13-26)21(28)18-8-7-15(31-18)14-25-9-2-1-6-19(25)27/h1-9H,10-14H2. The first kappa shape index (κ1) is 22.6. The molecule has 0 spiro atoms. The van der Waals surface area contributed by atoms with Crippen molar-refractivity contribution < 1.29 is 17.6 Å². The minimum atomic E-state index is -3.90. The quantitative estimate of drug-likeness (QED) is 0.542. The van der Waals surface area contributed by atoms with Gasteiger partial charge in [0.2, 0.25) is 10.0 Å². The molecule has 1 fully saturated rings. The second-order valence-electron chi connectivity index (χ2n) is 7.18. The molecule has 0 aliphatic carbocycles. The number of piperazine rings is 1. The molecular formula is C21H19Cl2N3O5S. The van der Waals surface area contributed by atoms with Gasteiger partial charge in [0.15, 0.2) is 5.76 Å². The highest BCUT2D eigenvalue weighted by molar-refractivity contribution is 7.89. The van der Waals surface area contributed by atoms with E-state index in [1.807, 2.05) is 0 Å². The summed E-state index contributed by atoms with van der Waals surface area (Å²) in [5, 5.41) is 0.105. The number of pyridine rings is 1. The van der Waals surface area contributed by atoms with Crippen LogP contribution < -0.4 is 5.56 Å². The van der Waals surface area contributed by atoms with E-state index in [1.54, 1.807) is 36.5 Å². The minimum absolute atomic E-state index is 0.0524. The number of benzene rings is 1. The molecule has 8 nitrogen and oxygen atoms in total. The first-order valence-electron chi connectivity index (χ1n) is 9.75. The first-order chi connectivity index (χ1) is 15.3. The molecule has 0 saturated carbocycles.